The number of alkyl halides is 3. The summed E-state index contributed by atoms with van der Waals surface area (Å²) in [6, 6.07) is 6.92. The first kappa shape index (κ1) is 26.4. The SMILES string of the molecule is C=C(N)c1oc(-c2ccc(OC)c3nc(C(F)(F)F)ccc23)nc1C(=O)NCc1ccc(F)c(OC)c1F. The van der Waals surface area contributed by atoms with Crippen LogP contribution >= 0.6 is 0 Å². The molecule has 0 aliphatic heterocycles. The number of nitrogens with one attached hydrogen (secondary N) is 1. The highest BCUT2D eigenvalue weighted by atomic mass is 19.4. The molecular formula is C25H19F5N4O4. The van der Waals surface area contributed by atoms with Crippen LogP contribution in [0.4, 0.5) is 22.0 Å². The minimum absolute atomic E-state index is 0.0684. The fourth-order valence-corrected chi connectivity index (χ4v) is 3.66. The van der Waals surface area contributed by atoms with E-state index in [1.807, 2.05) is 0 Å². The van der Waals surface area contributed by atoms with E-state index >= 15 is 0 Å². The summed E-state index contributed by atoms with van der Waals surface area (Å²) in [6.07, 6.45) is -4.69. The van der Waals surface area contributed by atoms with Gasteiger partial charge >= 0.3 is 6.18 Å². The van der Waals surface area contributed by atoms with Gasteiger partial charge < -0.3 is 24.9 Å². The summed E-state index contributed by atoms with van der Waals surface area (Å²) in [5, 5.41) is 2.63. The fourth-order valence-electron chi connectivity index (χ4n) is 3.66. The predicted molar refractivity (Wildman–Crippen MR) is 126 cm³/mol. The maximum atomic E-state index is 14.5. The Kier molecular flexibility index (Phi) is 6.94. The van der Waals surface area contributed by atoms with Crippen LogP contribution in [0.5, 0.6) is 11.5 Å². The largest absolute Gasteiger partial charge is 0.494 e. The first-order valence-electron chi connectivity index (χ1n) is 10.8. The molecule has 198 valence electrons. The summed E-state index contributed by atoms with van der Waals surface area (Å²) in [6.45, 7) is 3.19. The molecule has 0 unspecified atom stereocenters. The fraction of sp³-hybridized carbons (Fsp3) is 0.160. The number of ether oxygens (including phenoxy) is 2. The number of halogens is 5. The summed E-state index contributed by atoms with van der Waals surface area (Å²) in [7, 11) is 2.38. The number of carbonyl (C=O) groups excluding carboxylic acids is 1. The number of amides is 1. The number of oxazole rings is 1. The van der Waals surface area contributed by atoms with Gasteiger partial charge in [-0.15, -0.1) is 0 Å². The minimum Gasteiger partial charge on any atom is -0.494 e. The van der Waals surface area contributed by atoms with Crippen LogP contribution in [0.2, 0.25) is 0 Å². The molecule has 4 rings (SSSR count). The topological polar surface area (TPSA) is 113 Å². The van der Waals surface area contributed by atoms with Gasteiger partial charge in [0.25, 0.3) is 5.91 Å². The Bertz CT molecular complexity index is 1570. The third-order valence-electron chi connectivity index (χ3n) is 5.47. The van der Waals surface area contributed by atoms with Crippen molar-refractivity contribution in [2.75, 3.05) is 14.2 Å². The number of pyridine rings is 1. The second-order valence-electron chi connectivity index (χ2n) is 7.86. The predicted octanol–water partition coefficient (Wildman–Crippen LogP) is 5.06. The third kappa shape index (κ3) is 4.82. The van der Waals surface area contributed by atoms with Crippen molar-refractivity contribution in [2.45, 2.75) is 12.7 Å². The van der Waals surface area contributed by atoms with E-state index in [1.165, 1.54) is 25.3 Å². The Morgan fingerprint density at radius 1 is 1.08 bits per heavy atom. The Labute approximate surface area is 211 Å². The zero-order valence-electron chi connectivity index (χ0n) is 19.9. The number of nitrogens with zero attached hydrogens (tertiary/aromatic N) is 2. The Morgan fingerprint density at radius 3 is 2.45 bits per heavy atom. The van der Waals surface area contributed by atoms with Gasteiger partial charge in [0.1, 0.15) is 17.0 Å². The van der Waals surface area contributed by atoms with E-state index in [4.69, 9.17) is 19.6 Å². The smallest absolute Gasteiger partial charge is 0.433 e. The molecular weight excluding hydrogens is 515 g/mol. The highest BCUT2D eigenvalue weighted by Gasteiger charge is 2.33. The molecule has 0 radical (unpaired) electrons. The van der Waals surface area contributed by atoms with Crippen LogP contribution in [0.1, 0.15) is 27.5 Å². The second kappa shape index (κ2) is 10.00. The molecule has 0 spiro atoms. The van der Waals surface area contributed by atoms with E-state index < -0.39 is 35.2 Å². The molecule has 0 saturated carbocycles. The molecule has 2 aromatic heterocycles. The molecule has 2 aromatic carbocycles. The lowest BCUT2D eigenvalue weighted by atomic mass is 10.1. The number of nitrogens with two attached hydrogens (primary N) is 1. The van der Waals surface area contributed by atoms with Crippen molar-refractivity contribution < 1.29 is 40.6 Å². The molecule has 0 fully saturated rings. The molecule has 13 heteroatoms. The summed E-state index contributed by atoms with van der Waals surface area (Å²) < 4.78 is 83.4. The number of aromatic nitrogens is 2. The lowest BCUT2D eigenvalue weighted by molar-refractivity contribution is -0.140. The molecule has 2 heterocycles. The number of fused-ring (bicyclic) bond motifs is 1. The minimum atomic E-state index is -4.69. The van der Waals surface area contributed by atoms with E-state index in [9.17, 15) is 26.7 Å². The lowest BCUT2D eigenvalue weighted by Gasteiger charge is -2.11. The van der Waals surface area contributed by atoms with Crippen molar-refractivity contribution in [1.82, 2.24) is 15.3 Å². The van der Waals surface area contributed by atoms with E-state index in [0.29, 0.717) is 0 Å². The number of carbonyl (C=O) groups is 1. The van der Waals surface area contributed by atoms with Crippen molar-refractivity contribution in [1.29, 1.82) is 0 Å². The highest BCUT2D eigenvalue weighted by Crippen LogP contribution is 2.37. The lowest BCUT2D eigenvalue weighted by Crippen LogP contribution is -2.25. The van der Waals surface area contributed by atoms with Crippen molar-refractivity contribution in [3.8, 4) is 23.0 Å². The van der Waals surface area contributed by atoms with Gasteiger partial charge in [0.05, 0.1) is 19.9 Å². The molecule has 0 bridgehead atoms. The number of benzene rings is 2. The zero-order chi connectivity index (χ0) is 27.8. The van der Waals surface area contributed by atoms with Crippen LogP contribution in [-0.2, 0) is 12.7 Å². The van der Waals surface area contributed by atoms with E-state index in [0.717, 1.165) is 25.3 Å². The summed E-state index contributed by atoms with van der Waals surface area (Å²) >= 11 is 0. The molecule has 0 aliphatic carbocycles. The van der Waals surface area contributed by atoms with Gasteiger partial charge in [0.15, 0.2) is 28.8 Å². The Morgan fingerprint density at radius 2 is 1.82 bits per heavy atom. The molecule has 38 heavy (non-hydrogen) atoms. The Hall–Kier alpha value is -4.68. The van der Waals surface area contributed by atoms with Crippen molar-refractivity contribution in [3.05, 3.63) is 77.3 Å². The standard InChI is InChI=1S/C25H19F5N4O4/c1-11(31)21-20(23(35)32-10-12-4-7-15(26)22(37-3)18(12)27)34-24(38-21)14-5-8-16(36-2)19-13(14)6-9-17(33-19)25(28,29)30/h4-9H,1,10,31H2,2-3H3,(H,32,35). The van der Waals surface area contributed by atoms with E-state index in [-0.39, 0.29) is 57.4 Å². The van der Waals surface area contributed by atoms with Crippen LogP contribution < -0.4 is 20.5 Å². The average molecular weight is 534 g/mol. The van der Waals surface area contributed by atoms with E-state index in [2.05, 4.69) is 21.9 Å². The molecule has 0 atom stereocenters. The zero-order valence-corrected chi connectivity index (χ0v) is 19.9. The first-order valence-corrected chi connectivity index (χ1v) is 10.8. The normalized spacial score (nSPS) is 11.4. The van der Waals surface area contributed by atoms with Gasteiger partial charge in [0.2, 0.25) is 5.89 Å². The van der Waals surface area contributed by atoms with Crippen LogP contribution in [0.3, 0.4) is 0 Å². The van der Waals surface area contributed by atoms with Gasteiger partial charge in [-0.3, -0.25) is 4.79 Å². The monoisotopic (exact) mass is 534 g/mol. The van der Waals surface area contributed by atoms with Crippen molar-refractivity contribution in [2.24, 2.45) is 5.73 Å². The number of methoxy groups -OCH3 is 2. The van der Waals surface area contributed by atoms with Gasteiger partial charge in [-0.05, 0) is 30.3 Å². The first-order chi connectivity index (χ1) is 18.0. The van der Waals surface area contributed by atoms with Crippen LogP contribution in [-0.4, -0.2) is 30.1 Å². The van der Waals surface area contributed by atoms with Crippen LogP contribution in [0.15, 0.2) is 47.4 Å². The maximum Gasteiger partial charge on any atom is 0.433 e. The van der Waals surface area contributed by atoms with Gasteiger partial charge in [0, 0.05) is 23.1 Å². The van der Waals surface area contributed by atoms with Crippen LogP contribution in [0, 0.1) is 11.6 Å². The van der Waals surface area contributed by atoms with Crippen molar-refractivity contribution >= 4 is 22.5 Å². The third-order valence-corrected chi connectivity index (χ3v) is 5.47. The molecule has 0 aliphatic rings. The second-order valence-corrected chi connectivity index (χ2v) is 7.86. The summed E-state index contributed by atoms with van der Waals surface area (Å²) in [5.74, 6) is -3.65. The van der Waals surface area contributed by atoms with Crippen LogP contribution in [0.25, 0.3) is 28.1 Å². The Balaban J connectivity index is 1.73. The number of hydrogen-bond donors (Lipinski definition) is 2. The average Bonchev–Trinajstić information content (AvgIpc) is 3.32. The van der Waals surface area contributed by atoms with Gasteiger partial charge in [-0.2, -0.15) is 13.2 Å². The highest BCUT2D eigenvalue weighted by molar-refractivity contribution is 5.99. The van der Waals surface area contributed by atoms with Gasteiger partial charge in [-0.25, -0.2) is 18.7 Å². The molecule has 3 N–H and O–H groups in total. The quantitative estimate of drug-likeness (QED) is 0.319. The summed E-state index contributed by atoms with van der Waals surface area (Å²) in [4.78, 5) is 20.8. The molecule has 4 aromatic rings. The number of hydrogen-bond acceptors (Lipinski definition) is 7. The molecule has 0 saturated heterocycles. The van der Waals surface area contributed by atoms with Gasteiger partial charge in [-0.1, -0.05) is 12.6 Å². The molecule has 8 nitrogen and oxygen atoms in total. The molecule has 1 amide bonds. The maximum absolute atomic E-state index is 14.5. The van der Waals surface area contributed by atoms with E-state index in [1.54, 1.807) is 0 Å². The van der Waals surface area contributed by atoms with Crippen molar-refractivity contribution in [3.63, 3.8) is 0 Å². The summed E-state index contributed by atoms with van der Waals surface area (Å²) in [5.41, 5.74) is 4.17. The number of rotatable bonds is 7.